The van der Waals surface area contributed by atoms with Crippen molar-refractivity contribution < 1.29 is 14.5 Å². The molecule has 1 aromatic carbocycles. The van der Waals surface area contributed by atoms with Crippen LogP contribution in [-0.2, 0) is 4.79 Å². The second-order valence-corrected chi connectivity index (χ2v) is 4.04. The number of nitro groups is 1. The molecular weight excluding hydrogens is 278 g/mol. The molecule has 0 radical (unpaired) electrons. The van der Waals surface area contributed by atoms with Crippen molar-refractivity contribution in [2.45, 2.75) is 11.8 Å². The lowest BCUT2D eigenvalue weighted by atomic mass is 10.0. The number of ketones is 1. The zero-order valence-electron chi connectivity index (χ0n) is 8.34. The van der Waals surface area contributed by atoms with Gasteiger partial charge in [-0.15, -0.1) is 0 Å². The molecule has 0 aliphatic rings. The number of nitrogens with zero attached hydrogens (tertiary/aromatic N) is 1. The number of halogens is 1. The summed E-state index contributed by atoms with van der Waals surface area (Å²) in [7, 11) is 0. The number of aldehydes is 1. The van der Waals surface area contributed by atoms with Crippen LogP contribution in [-0.4, -0.2) is 17.0 Å². The first-order valence-electron chi connectivity index (χ1n) is 4.36. The number of carbonyl (C=O) groups is 2. The van der Waals surface area contributed by atoms with Gasteiger partial charge in [-0.2, -0.15) is 0 Å². The van der Waals surface area contributed by atoms with Gasteiger partial charge in [-0.3, -0.25) is 19.7 Å². The first-order chi connectivity index (χ1) is 7.49. The molecule has 0 saturated carbocycles. The number of Topliss-reactive ketones (excluding diaryl/α,β-unsaturated/α-hetero) is 1. The van der Waals surface area contributed by atoms with Gasteiger partial charge in [0.25, 0.3) is 5.69 Å². The lowest BCUT2D eigenvalue weighted by Crippen LogP contribution is -2.06. The van der Waals surface area contributed by atoms with E-state index < -0.39 is 9.75 Å². The normalized spacial score (nSPS) is 11.9. The van der Waals surface area contributed by atoms with Gasteiger partial charge in [-0.05, 0) is 12.5 Å². The van der Waals surface area contributed by atoms with E-state index in [-0.39, 0.29) is 17.0 Å². The van der Waals surface area contributed by atoms with Gasteiger partial charge in [0.05, 0.1) is 15.3 Å². The molecule has 0 aliphatic heterocycles. The lowest BCUT2D eigenvalue weighted by Gasteiger charge is -2.08. The topological polar surface area (TPSA) is 77.3 Å². The maximum absolute atomic E-state index is 11.2. The Morgan fingerprint density at radius 2 is 2.19 bits per heavy atom. The van der Waals surface area contributed by atoms with Crippen molar-refractivity contribution in [3.8, 4) is 0 Å². The van der Waals surface area contributed by atoms with Crippen LogP contribution < -0.4 is 0 Å². The van der Waals surface area contributed by atoms with Gasteiger partial charge >= 0.3 is 0 Å². The number of hydrogen-bond acceptors (Lipinski definition) is 4. The van der Waals surface area contributed by atoms with E-state index in [0.29, 0.717) is 11.8 Å². The Balaban J connectivity index is 3.40. The standard InChI is InChI=1S/C10H8BrNO4/c1-6(14)10(11)7-3-2-4-9(12(15)16)8(7)5-13/h2-5,10H,1H3. The van der Waals surface area contributed by atoms with Crippen LogP contribution in [0.15, 0.2) is 18.2 Å². The van der Waals surface area contributed by atoms with E-state index in [1.165, 1.54) is 25.1 Å². The van der Waals surface area contributed by atoms with Crippen molar-refractivity contribution in [2.24, 2.45) is 0 Å². The number of alkyl halides is 1. The maximum atomic E-state index is 11.2. The SMILES string of the molecule is CC(=O)C(Br)c1cccc([N+](=O)[O-])c1C=O. The molecule has 0 aromatic heterocycles. The number of hydrogen-bond donors (Lipinski definition) is 0. The van der Waals surface area contributed by atoms with Gasteiger partial charge in [0.15, 0.2) is 6.29 Å². The Kier molecular flexibility index (Phi) is 3.89. The number of rotatable bonds is 4. The molecule has 1 atom stereocenters. The molecule has 6 heteroatoms. The van der Waals surface area contributed by atoms with Crippen LogP contribution in [0, 0.1) is 10.1 Å². The van der Waals surface area contributed by atoms with Crippen LogP contribution in [0.3, 0.4) is 0 Å². The Bertz CT molecular complexity index is 458. The summed E-state index contributed by atoms with van der Waals surface area (Å²) in [6.45, 7) is 1.34. The number of nitro benzene ring substituents is 1. The van der Waals surface area contributed by atoms with Crippen molar-refractivity contribution in [1.29, 1.82) is 0 Å². The molecule has 0 saturated heterocycles. The molecule has 0 N–H and O–H groups in total. The van der Waals surface area contributed by atoms with E-state index in [1.54, 1.807) is 0 Å². The van der Waals surface area contributed by atoms with Crippen LogP contribution in [0.1, 0.15) is 27.7 Å². The molecule has 0 bridgehead atoms. The fourth-order valence-corrected chi connectivity index (χ4v) is 1.70. The molecular formula is C10H8BrNO4. The fraction of sp³-hybridized carbons (Fsp3) is 0.200. The number of carbonyl (C=O) groups excluding carboxylic acids is 2. The third kappa shape index (κ3) is 2.33. The highest BCUT2D eigenvalue weighted by Crippen LogP contribution is 2.30. The minimum absolute atomic E-state index is 0.0652. The van der Waals surface area contributed by atoms with Crippen LogP contribution in [0.4, 0.5) is 5.69 Å². The third-order valence-corrected chi connectivity index (χ3v) is 3.20. The molecule has 84 valence electrons. The molecule has 0 fully saturated rings. The zero-order chi connectivity index (χ0) is 12.3. The molecule has 0 spiro atoms. The van der Waals surface area contributed by atoms with Gasteiger partial charge in [0.1, 0.15) is 5.78 Å². The van der Waals surface area contributed by atoms with E-state index in [2.05, 4.69) is 15.9 Å². The summed E-state index contributed by atoms with van der Waals surface area (Å²) in [4.78, 5) is 31.3. The van der Waals surface area contributed by atoms with Crippen LogP contribution in [0.25, 0.3) is 0 Å². The Morgan fingerprint density at radius 1 is 1.56 bits per heavy atom. The average molecular weight is 286 g/mol. The van der Waals surface area contributed by atoms with Crippen LogP contribution in [0.2, 0.25) is 0 Å². The predicted molar refractivity (Wildman–Crippen MR) is 60.8 cm³/mol. The highest BCUT2D eigenvalue weighted by molar-refractivity contribution is 9.09. The first-order valence-corrected chi connectivity index (χ1v) is 5.27. The highest BCUT2D eigenvalue weighted by Gasteiger charge is 2.23. The van der Waals surface area contributed by atoms with E-state index in [0.717, 1.165) is 0 Å². The summed E-state index contributed by atoms with van der Waals surface area (Å²) in [5.74, 6) is -0.219. The van der Waals surface area contributed by atoms with Gasteiger partial charge < -0.3 is 0 Å². The van der Waals surface area contributed by atoms with E-state index in [9.17, 15) is 19.7 Å². The molecule has 5 nitrogen and oxygen atoms in total. The predicted octanol–water partition coefficient (Wildman–Crippen LogP) is 2.43. The minimum Gasteiger partial charge on any atom is -0.298 e. The van der Waals surface area contributed by atoms with Crippen molar-refractivity contribution in [3.63, 3.8) is 0 Å². The van der Waals surface area contributed by atoms with Crippen LogP contribution >= 0.6 is 15.9 Å². The molecule has 1 rings (SSSR count). The zero-order valence-corrected chi connectivity index (χ0v) is 9.93. The smallest absolute Gasteiger partial charge is 0.280 e. The molecule has 16 heavy (non-hydrogen) atoms. The summed E-state index contributed by atoms with van der Waals surface area (Å²) in [5.41, 5.74) is -0.0422. The summed E-state index contributed by atoms with van der Waals surface area (Å²) in [5, 5.41) is 10.7. The quantitative estimate of drug-likeness (QED) is 0.368. The summed E-state index contributed by atoms with van der Waals surface area (Å²) < 4.78 is 0. The van der Waals surface area contributed by atoms with E-state index in [4.69, 9.17) is 0 Å². The lowest BCUT2D eigenvalue weighted by molar-refractivity contribution is -0.385. The van der Waals surface area contributed by atoms with Crippen LogP contribution in [0.5, 0.6) is 0 Å². The minimum atomic E-state index is -0.701. The van der Waals surface area contributed by atoms with Gasteiger partial charge in [0, 0.05) is 6.07 Å². The molecule has 1 aromatic rings. The van der Waals surface area contributed by atoms with Gasteiger partial charge in [-0.1, -0.05) is 28.1 Å². The first kappa shape index (κ1) is 12.5. The summed E-state index contributed by atoms with van der Waals surface area (Å²) in [6.07, 6.45) is 0.394. The summed E-state index contributed by atoms with van der Waals surface area (Å²) in [6, 6.07) is 4.18. The Labute approximate surface area is 99.7 Å². The molecule has 1 unspecified atom stereocenters. The number of benzene rings is 1. The van der Waals surface area contributed by atoms with Gasteiger partial charge in [0.2, 0.25) is 0 Å². The Morgan fingerprint density at radius 3 is 2.62 bits per heavy atom. The van der Waals surface area contributed by atoms with Gasteiger partial charge in [-0.25, -0.2) is 0 Å². The molecule has 0 aliphatic carbocycles. The van der Waals surface area contributed by atoms with Crippen molar-refractivity contribution in [1.82, 2.24) is 0 Å². The fourth-order valence-electron chi connectivity index (χ4n) is 1.30. The second-order valence-electron chi connectivity index (χ2n) is 3.13. The van der Waals surface area contributed by atoms with E-state index in [1.807, 2.05) is 0 Å². The van der Waals surface area contributed by atoms with Crippen molar-refractivity contribution >= 4 is 33.7 Å². The summed E-state index contributed by atoms with van der Waals surface area (Å²) >= 11 is 3.09. The van der Waals surface area contributed by atoms with Crippen molar-refractivity contribution in [3.05, 3.63) is 39.4 Å². The molecule has 0 amide bonds. The van der Waals surface area contributed by atoms with Crippen molar-refractivity contribution in [2.75, 3.05) is 0 Å². The molecule has 0 heterocycles. The largest absolute Gasteiger partial charge is 0.298 e. The Hall–Kier alpha value is -1.56. The maximum Gasteiger partial charge on any atom is 0.280 e. The second kappa shape index (κ2) is 4.98. The highest BCUT2D eigenvalue weighted by atomic mass is 79.9. The van der Waals surface area contributed by atoms with E-state index >= 15 is 0 Å². The average Bonchev–Trinajstić information content (AvgIpc) is 2.26. The third-order valence-electron chi connectivity index (χ3n) is 2.06. The monoisotopic (exact) mass is 285 g/mol.